The lowest BCUT2D eigenvalue weighted by Crippen LogP contribution is -2.20. The molecule has 5 nitrogen and oxygen atoms in total. The molecule has 0 bridgehead atoms. The fourth-order valence-electron chi connectivity index (χ4n) is 2.98. The smallest absolute Gasteiger partial charge is 0.248 e. The fourth-order valence-corrected chi connectivity index (χ4v) is 2.98. The van der Waals surface area contributed by atoms with Crippen LogP contribution < -0.4 is 15.4 Å². The maximum Gasteiger partial charge on any atom is 0.248 e. The fraction of sp³-hybridized carbons (Fsp3) is 0.222. The molecule has 0 unspecified atom stereocenters. The lowest BCUT2D eigenvalue weighted by Gasteiger charge is -2.19. The number of fused-ring (bicyclic) bond motifs is 1. The molecule has 4 rings (SSSR count). The zero-order chi connectivity index (χ0) is 15.6. The first-order chi connectivity index (χ1) is 11.3. The van der Waals surface area contributed by atoms with Gasteiger partial charge in [-0.1, -0.05) is 30.3 Å². The molecule has 1 saturated heterocycles. The summed E-state index contributed by atoms with van der Waals surface area (Å²) >= 11 is 0. The Morgan fingerprint density at radius 2 is 1.74 bits per heavy atom. The summed E-state index contributed by atoms with van der Waals surface area (Å²) in [6.07, 6.45) is 3.86. The Kier molecular flexibility index (Phi) is 3.46. The number of benzene rings is 2. The van der Waals surface area contributed by atoms with Crippen LogP contribution >= 0.6 is 0 Å². The lowest BCUT2D eigenvalue weighted by atomic mass is 10.1. The second kappa shape index (κ2) is 5.76. The van der Waals surface area contributed by atoms with Gasteiger partial charge in [-0.15, -0.1) is 0 Å². The number of hydrogen-bond acceptors (Lipinski definition) is 5. The molecule has 0 aliphatic carbocycles. The Labute approximate surface area is 134 Å². The van der Waals surface area contributed by atoms with Crippen LogP contribution in [0.4, 0.5) is 11.5 Å². The van der Waals surface area contributed by atoms with Crippen LogP contribution in [0.2, 0.25) is 0 Å². The highest BCUT2D eigenvalue weighted by atomic mass is 16.5. The van der Waals surface area contributed by atoms with Gasteiger partial charge in [-0.05, 0) is 35.7 Å². The molecule has 0 amide bonds. The Morgan fingerprint density at radius 1 is 0.957 bits per heavy atom. The minimum atomic E-state index is 0.414. The van der Waals surface area contributed by atoms with Gasteiger partial charge in [-0.2, -0.15) is 4.98 Å². The summed E-state index contributed by atoms with van der Waals surface area (Å²) in [5.74, 6) is 1.91. The maximum atomic E-state index is 6.23. The van der Waals surface area contributed by atoms with Gasteiger partial charge >= 0.3 is 0 Å². The molecule has 23 heavy (non-hydrogen) atoms. The van der Waals surface area contributed by atoms with E-state index in [2.05, 4.69) is 27.0 Å². The summed E-state index contributed by atoms with van der Waals surface area (Å²) in [6, 6.07) is 14.1. The molecule has 1 aromatic heterocycles. The largest absolute Gasteiger partial charge is 0.437 e. The topological polar surface area (TPSA) is 64.3 Å². The first-order valence-corrected chi connectivity index (χ1v) is 7.83. The van der Waals surface area contributed by atoms with Gasteiger partial charge in [0.2, 0.25) is 5.88 Å². The first kappa shape index (κ1) is 13.8. The van der Waals surface area contributed by atoms with Gasteiger partial charge in [0.25, 0.3) is 0 Å². The van der Waals surface area contributed by atoms with Crippen molar-refractivity contribution >= 4 is 22.3 Å². The van der Waals surface area contributed by atoms with E-state index in [0.717, 1.165) is 30.0 Å². The minimum absolute atomic E-state index is 0.414. The molecule has 3 aromatic rings. The predicted molar refractivity (Wildman–Crippen MR) is 91.9 cm³/mol. The van der Waals surface area contributed by atoms with Gasteiger partial charge in [0.15, 0.2) is 5.82 Å². The maximum absolute atomic E-state index is 6.23. The molecule has 1 aliphatic heterocycles. The van der Waals surface area contributed by atoms with Crippen molar-refractivity contribution < 1.29 is 4.74 Å². The van der Waals surface area contributed by atoms with E-state index in [1.54, 1.807) is 0 Å². The summed E-state index contributed by atoms with van der Waals surface area (Å²) < 4.78 is 5.91. The monoisotopic (exact) mass is 306 g/mol. The number of anilines is 2. The summed E-state index contributed by atoms with van der Waals surface area (Å²) in [5.41, 5.74) is 6.73. The number of ether oxygens (including phenoxy) is 1. The van der Waals surface area contributed by atoms with Gasteiger partial charge in [0.1, 0.15) is 17.8 Å². The predicted octanol–water partition coefficient (Wildman–Crippen LogP) is 3.60. The summed E-state index contributed by atoms with van der Waals surface area (Å²) in [6.45, 7) is 1.97. The van der Waals surface area contributed by atoms with E-state index >= 15 is 0 Å². The SMILES string of the molecule is Nc1c(Oc2ccc3ccccc3c2)ncnc1N1CCCC1. The second-order valence-corrected chi connectivity index (χ2v) is 5.72. The lowest BCUT2D eigenvalue weighted by molar-refractivity contribution is 0.465. The summed E-state index contributed by atoms with van der Waals surface area (Å²) in [7, 11) is 0. The molecular weight excluding hydrogens is 288 g/mol. The van der Waals surface area contributed by atoms with Crippen molar-refractivity contribution in [3.8, 4) is 11.6 Å². The van der Waals surface area contributed by atoms with Crippen LogP contribution in [0, 0.1) is 0 Å². The van der Waals surface area contributed by atoms with Gasteiger partial charge in [0, 0.05) is 13.1 Å². The van der Waals surface area contributed by atoms with Crippen LogP contribution in [-0.2, 0) is 0 Å². The molecule has 116 valence electrons. The quantitative estimate of drug-likeness (QED) is 0.801. The van der Waals surface area contributed by atoms with Crippen LogP contribution in [0.1, 0.15) is 12.8 Å². The Balaban J connectivity index is 1.66. The average molecular weight is 306 g/mol. The number of nitrogen functional groups attached to an aromatic ring is 1. The third-order valence-electron chi connectivity index (χ3n) is 4.17. The number of rotatable bonds is 3. The van der Waals surface area contributed by atoms with E-state index in [1.807, 2.05) is 30.3 Å². The highest BCUT2D eigenvalue weighted by Crippen LogP contribution is 2.33. The van der Waals surface area contributed by atoms with E-state index in [4.69, 9.17) is 10.5 Å². The molecule has 0 saturated carbocycles. The zero-order valence-corrected chi connectivity index (χ0v) is 12.8. The molecule has 1 aliphatic rings. The van der Waals surface area contributed by atoms with Crippen molar-refractivity contribution in [2.75, 3.05) is 23.7 Å². The van der Waals surface area contributed by atoms with Crippen molar-refractivity contribution in [3.05, 3.63) is 48.8 Å². The third kappa shape index (κ3) is 2.65. The molecule has 2 aromatic carbocycles. The third-order valence-corrected chi connectivity index (χ3v) is 4.17. The van der Waals surface area contributed by atoms with Crippen LogP contribution in [-0.4, -0.2) is 23.1 Å². The van der Waals surface area contributed by atoms with Gasteiger partial charge < -0.3 is 15.4 Å². The highest BCUT2D eigenvalue weighted by Gasteiger charge is 2.19. The molecular formula is C18H18N4O. The minimum Gasteiger partial charge on any atom is -0.437 e. The van der Waals surface area contributed by atoms with Crippen molar-refractivity contribution in [2.24, 2.45) is 0 Å². The molecule has 2 heterocycles. The van der Waals surface area contributed by atoms with Gasteiger partial charge in [0.05, 0.1) is 0 Å². The summed E-state index contributed by atoms with van der Waals surface area (Å²) in [5, 5.41) is 2.30. The normalized spacial score (nSPS) is 14.3. The molecule has 0 atom stereocenters. The second-order valence-electron chi connectivity index (χ2n) is 5.72. The van der Waals surface area contributed by atoms with Crippen LogP contribution in [0.25, 0.3) is 10.8 Å². The van der Waals surface area contributed by atoms with E-state index in [9.17, 15) is 0 Å². The van der Waals surface area contributed by atoms with Crippen LogP contribution in [0.3, 0.4) is 0 Å². The van der Waals surface area contributed by atoms with Crippen molar-refractivity contribution in [1.82, 2.24) is 9.97 Å². The van der Waals surface area contributed by atoms with E-state index in [1.165, 1.54) is 24.6 Å². The molecule has 5 heteroatoms. The van der Waals surface area contributed by atoms with Crippen LogP contribution in [0.5, 0.6) is 11.6 Å². The number of nitrogens with zero attached hydrogens (tertiary/aromatic N) is 3. The van der Waals surface area contributed by atoms with Gasteiger partial charge in [-0.25, -0.2) is 4.98 Å². The Morgan fingerprint density at radius 3 is 2.57 bits per heavy atom. The van der Waals surface area contributed by atoms with E-state index in [-0.39, 0.29) is 0 Å². The first-order valence-electron chi connectivity index (χ1n) is 7.83. The summed E-state index contributed by atoms with van der Waals surface area (Å²) in [4.78, 5) is 10.7. The van der Waals surface area contributed by atoms with Gasteiger partial charge in [-0.3, -0.25) is 0 Å². The molecule has 2 N–H and O–H groups in total. The van der Waals surface area contributed by atoms with Crippen LogP contribution in [0.15, 0.2) is 48.8 Å². The van der Waals surface area contributed by atoms with Crippen molar-refractivity contribution in [3.63, 3.8) is 0 Å². The van der Waals surface area contributed by atoms with E-state index in [0.29, 0.717) is 11.6 Å². The van der Waals surface area contributed by atoms with E-state index < -0.39 is 0 Å². The molecule has 1 fully saturated rings. The molecule has 0 spiro atoms. The van der Waals surface area contributed by atoms with Crippen molar-refractivity contribution in [1.29, 1.82) is 0 Å². The zero-order valence-electron chi connectivity index (χ0n) is 12.8. The standard InChI is InChI=1S/C18H18N4O/c19-16-17(22-9-3-4-10-22)20-12-21-18(16)23-15-8-7-13-5-1-2-6-14(13)11-15/h1-2,5-8,11-12H,3-4,9-10,19H2. The Bertz CT molecular complexity index is 843. The number of aromatic nitrogens is 2. The number of nitrogens with two attached hydrogens (primary N) is 1. The van der Waals surface area contributed by atoms with Crippen molar-refractivity contribution in [2.45, 2.75) is 12.8 Å². The number of hydrogen-bond donors (Lipinski definition) is 1. The Hall–Kier alpha value is -2.82. The average Bonchev–Trinajstić information content (AvgIpc) is 3.11. The highest BCUT2D eigenvalue weighted by molar-refractivity contribution is 5.83. The molecule has 0 radical (unpaired) electrons.